The summed E-state index contributed by atoms with van der Waals surface area (Å²) in [4.78, 5) is 24.4. The van der Waals surface area contributed by atoms with Crippen molar-refractivity contribution in [3.63, 3.8) is 0 Å². The van der Waals surface area contributed by atoms with Crippen LogP contribution in [0.15, 0.2) is 61.4 Å². The second-order valence-corrected chi connectivity index (χ2v) is 8.98. The molecule has 0 radical (unpaired) electrons. The molecule has 0 bridgehead atoms. The number of benzene rings is 2. The first-order valence-electron chi connectivity index (χ1n) is 12.4. The van der Waals surface area contributed by atoms with Crippen LogP contribution in [0, 0.1) is 11.6 Å². The van der Waals surface area contributed by atoms with E-state index in [1.807, 2.05) is 11.0 Å². The number of carbonyl (C=O) groups excluding carboxylic acids is 1. The number of methoxy groups -OCH3 is 1. The van der Waals surface area contributed by atoms with E-state index in [-0.39, 0.29) is 23.2 Å². The molecule has 2 N–H and O–H groups in total. The Morgan fingerprint density at radius 2 is 1.90 bits per heavy atom. The van der Waals surface area contributed by atoms with Gasteiger partial charge in [-0.05, 0) is 30.3 Å². The van der Waals surface area contributed by atoms with Crippen molar-refractivity contribution < 1.29 is 18.3 Å². The van der Waals surface area contributed by atoms with Gasteiger partial charge in [-0.25, -0.2) is 23.3 Å². The quantitative estimate of drug-likeness (QED) is 0.314. The Labute approximate surface area is 223 Å². The van der Waals surface area contributed by atoms with E-state index in [4.69, 9.17) is 4.74 Å². The molecule has 1 aliphatic heterocycles. The Morgan fingerprint density at radius 3 is 2.67 bits per heavy atom. The molecule has 3 heterocycles. The number of fused-ring (bicyclic) bond motifs is 1. The van der Waals surface area contributed by atoms with Gasteiger partial charge in [0.15, 0.2) is 17.5 Å². The molecule has 0 unspecified atom stereocenters. The van der Waals surface area contributed by atoms with Gasteiger partial charge in [-0.3, -0.25) is 9.69 Å². The number of rotatable bonds is 9. The van der Waals surface area contributed by atoms with Crippen molar-refractivity contribution >= 4 is 34.4 Å². The van der Waals surface area contributed by atoms with E-state index in [2.05, 4.69) is 37.2 Å². The fourth-order valence-corrected chi connectivity index (χ4v) is 4.42. The molecule has 4 aromatic rings. The molecule has 1 amide bonds. The lowest BCUT2D eigenvalue weighted by atomic mass is 10.2. The molecule has 0 saturated carbocycles. The first-order valence-corrected chi connectivity index (χ1v) is 12.4. The summed E-state index contributed by atoms with van der Waals surface area (Å²) in [5, 5.41) is 9.94. The molecule has 202 valence electrons. The zero-order valence-electron chi connectivity index (χ0n) is 21.4. The topological polar surface area (TPSA) is 99.9 Å². The molecule has 1 aliphatic rings. The Morgan fingerprint density at radius 1 is 1.10 bits per heavy atom. The molecule has 0 atom stereocenters. The number of hydrogen-bond donors (Lipinski definition) is 2. The molecule has 1 fully saturated rings. The number of hydrogen-bond acceptors (Lipinski definition) is 8. The van der Waals surface area contributed by atoms with Gasteiger partial charge in [0.2, 0.25) is 11.9 Å². The van der Waals surface area contributed by atoms with E-state index in [1.54, 1.807) is 37.6 Å². The highest BCUT2D eigenvalue weighted by Crippen LogP contribution is 2.29. The van der Waals surface area contributed by atoms with Crippen molar-refractivity contribution in [2.24, 2.45) is 0 Å². The minimum absolute atomic E-state index is 0.0654. The first-order chi connectivity index (χ1) is 19.0. The molecular formula is C27H28F2N8O2. The van der Waals surface area contributed by atoms with Crippen LogP contribution in [0.2, 0.25) is 0 Å². The minimum Gasteiger partial charge on any atom is -0.383 e. The van der Waals surface area contributed by atoms with Crippen molar-refractivity contribution in [1.29, 1.82) is 0 Å². The molecule has 1 saturated heterocycles. The molecule has 5 rings (SSSR count). The molecule has 0 aliphatic carbocycles. The third kappa shape index (κ3) is 5.71. The van der Waals surface area contributed by atoms with Gasteiger partial charge in [0.25, 0.3) is 0 Å². The van der Waals surface area contributed by atoms with Gasteiger partial charge < -0.3 is 20.3 Å². The summed E-state index contributed by atoms with van der Waals surface area (Å²) >= 11 is 0. The Balaban J connectivity index is 1.35. The Bertz CT molecular complexity index is 1500. The van der Waals surface area contributed by atoms with E-state index in [9.17, 15) is 4.79 Å². The second kappa shape index (κ2) is 11.5. The van der Waals surface area contributed by atoms with E-state index < -0.39 is 11.6 Å². The van der Waals surface area contributed by atoms with Gasteiger partial charge in [0, 0.05) is 51.1 Å². The summed E-state index contributed by atoms with van der Waals surface area (Å²) in [6, 6.07) is 10.1. The van der Waals surface area contributed by atoms with Gasteiger partial charge in [-0.2, -0.15) is 0 Å². The lowest BCUT2D eigenvalue weighted by Crippen LogP contribution is -2.47. The Hall–Kier alpha value is -4.42. The maximum atomic E-state index is 15.1. The van der Waals surface area contributed by atoms with Crippen molar-refractivity contribution in [1.82, 2.24) is 24.5 Å². The van der Waals surface area contributed by atoms with Crippen LogP contribution in [0.4, 0.5) is 31.8 Å². The number of carbonyl (C=O) groups is 1. The molecule has 2 aromatic carbocycles. The van der Waals surface area contributed by atoms with E-state index in [1.165, 1.54) is 22.9 Å². The van der Waals surface area contributed by atoms with E-state index in [0.717, 1.165) is 19.6 Å². The molecule has 2 aromatic heterocycles. The molecule has 39 heavy (non-hydrogen) atoms. The van der Waals surface area contributed by atoms with Crippen LogP contribution in [0.1, 0.15) is 0 Å². The number of aromatic nitrogens is 4. The summed E-state index contributed by atoms with van der Waals surface area (Å²) in [6.45, 7) is 7.58. The van der Waals surface area contributed by atoms with Crippen molar-refractivity contribution in [2.45, 2.75) is 0 Å². The molecule has 10 nitrogen and oxygen atoms in total. The molecule has 12 heteroatoms. The highest BCUT2D eigenvalue weighted by atomic mass is 19.2. The van der Waals surface area contributed by atoms with Gasteiger partial charge in [-0.1, -0.05) is 18.7 Å². The third-order valence-electron chi connectivity index (χ3n) is 6.48. The number of piperazine rings is 1. The summed E-state index contributed by atoms with van der Waals surface area (Å²) in [7, 11) is 1.66. The maximum absolute atomic E-state index is 15.1. The molecular weight excluding hydrogens is 506 g/mol. The van der Waals surface area contributed by atoms with Crippen LogP contribution in [0.5, 0.6) is 0 Å². The lowest BCUT2D eigenvalue weighted by Gasteiger charge is -2.36. The average Bonchev–Trinajstić information content (AvgIpc) is 3.38. The SMILES string of the molecule is C=CC(=O)Nc1cccc(-c2ncc3cnc(Nc4ccc(N5CCN(CCOC)CC5)c(F)c4F)nn23)c1. The van der Waals surface area contributed by atoms with Gasteiger partial charge in [0.1, 0.15) is 5.52 Å². The fourth-order valence-electron chi connectivity index (χ4n) is 4.42. The van der Waals surface area contributed by atoms with Crippen LogP contribution in [0.25, 0.3) is 16.9 Å². The van der Waals surface area contributed by atoms with E-state index >= 15 is 8.78 Å². The van der Waals surface area contributed by atoms with Crippen LogP contribution in [-0.2, 0) is 9.53 Å². The number of amides is 1. The van der Waals surface area contributed by atoms with Crippen molar-refractivity contribution in [3.8, 4) is 11.4 Å². The van der Waals surface area contributed by atoms with Gasteiger partial charge >= 0.3 is 0 Å². The average molecular weight is 535 g/mol. The maximum Gasteiger partial charge on any atom is 0.247 e. The van der Waals surface area contributed by atoms with E-state index in [0.29, 0.717) is 42.3 Å². The predicted octanol–water partition coefficient (Wildman–Crippen LogP) is 3.71. The number of ether oxygens (including phenoxy) is 1. The summed E-state index contributed by atoms with van der Waals surface area (Å²) in [5.41, 5.74) is 2.00. The smallest absolute Gasteiger partial charge is 0.247 e. The third-order valence-corrected chi connectivity index (χ3v) is 6.48. The fraction of sp³-hybridized carbons (Fsp3) is 0.259. The summed E-state index contributed by atoms with van der Waals surface area (Å²) < 4.78 is 36.9. The lowest BCUT2D eigenvalue weighted by molar-refractivity contribution is -0.111. The highest BCUT2D eigenvalue weighted by molar-refractivity contribution is 5.99. The summed E-state index contributed by atoms with van der Waals surface area (Å²) in [6.07, 6.45) is 4.31. The minimum atomic E-state index is -1.01. The van der Waals surface area contributed by atoms with Crippen LogP contribution < -0.4 is 15.5 Å². The van der Waals surface area contributed by atoms with Crippen LogP contribution in [0.3, 0.4) is 0 Å². The molecule has 0 spiro atoms. The zero-order valence-corrected chi connectivity index (χ0v) is 21.4. The Kier molecular flexibility index (Phi) is 7.75. The normalized spacial score (nSPS) is 14.0. The number of nitrogens with one attached hydrogen (secondary N) is 2. The van der Waals surface area contributed by atoms with Crippen molar-refractivity contribution in [3.05, 3.63) is 73.1 Å². The first kappa shape index (κ1) is 26.2. The monoisotopic (exact) mass is 534 g/mol. The zero-order chi connectivity index (χ0) is 27.4. The van der Waals surface area contributed by atoms with Gasteiger partial charge in [-0.15, -0.1) is 5.10 Å². The highest BCUT2D eigenvalue weighted by Gasteiger charge is 2.23. The number of anilines is 4. The number of imidazole rings is 1. The second-order valence-electron chi connectivity index (χ2n) is 8.98. The number of halogens is 2. The van der Waals surface area contributed by atoms with Crippen molar-refractivity contribution in [2.75, 3.05) is 62.0 Å². The number of nitrogens with zero attached hydrogens (tertiary/aromatic N) is 6. The van der Waals surface area contributed by atoms with Gasteiger partial charge in [0.05, 0.1) is 30.4 Å². The van der Waals surface area contributed by atoms with Crippen LogP contribution >= 0.6 is 0 Å². The largest absolute Gasteiger partial charge is 0.383 e. The summed E-state index contributed by atoms with van der Waals surface area (Å²) in [5.74, 6) is -1.71. The predicted molar refractivity (Wildman–Crippen MR) is 145 cm³/mol. The van der Waals surface area contributed by atoms with Crippen LogP contribution in [-0.4, -0.2) is 76.8 Å². The standard InChI is InChI=1S/C27H28F2N8O2/c1-3-23(38)32-19-6-4-5-18(15-19)26-30-16-20-17-31-27(34-37(20)26)33-21-7-8-22(25(29)24(21)28)36-11-9-35(10-12-36)13-14-39-2/h3-8,15-17H,1,9-14H2,2H3,(H,32,38)(H,33,34).